The van der Waals surface area contributed by atoms with Gasteiger partial charge in [0, 0.05) is 25.0 Å². The van der Waals surface area contributed by atoms with Crippen LogP contribution in [0.25, 0.3) is 11.0 Å². The molecule has 4 nitrogen and oxygen atoms in total. The summed E-state index contributed by atoms with van der Waals surface area (Å²) in [6.07, 6.45) is 0.671. The van der Waals surface area contributed by atoms with Gasteiger partial charge in [-0.1, -0.05) is 18.2 Å². The number of ether oxygens (including phenoxy) is 1. The molecule has 18 heavy (non-hydrogen) atoms. The lowest BCUT2D eigenvalue weighted by Gasteiger charge is -2.11. The van der Waals surface area contributed by atoms with Crippen LogP contribution < -0.4 is 5.32 Å². The minimum atomic E-state index is -0.110. The second-order valence-corrected chi connectivity index (χ2v) is 4.36. The zero-order valence-corrected chi connectivity index (χ0v) is 10.6. The standard InChI is InChI=1S/C14H17NO3/c1-10(15-14(16)9-17-2)7-12-8-11-5-3-4-6-13(11)18-12/h3-6,8,10H,7,9H2,1-2H3,(H,15,16). The molecule has 1 aromatic carbocycles. The molecule has 0 radical (unpaired) electrons. The first-order valence-corrected chi connectivity index (χ1v) is 5.95. The van der Waals surface area contributed by atoms with Crippen LogP contribution in [0.2, 0.25) is 0 Å². The zero-order valence-electron chi connectivity index (χ0n) is 10.6. The fraction of sp³-hybridized carbons (Fsp3) is 0.357. The predicted octanol–water partition coefficient (Wildman–Crippen LogP) is 2.13. The normalized spacial score (nSPS) is 12.6. The summed E-state index contributed by atoms with van der Waals surface area (Å²) in [4.78, 5) is 11.3. The van der Waals surface area contributed by atoms with Crippen LogP contribution in [0.1, 0.15) is 12.7 Å². The van der Waals surface area contributed by atoms with Gasteiger partial charge in [0.15, 0.2) is 0 Å². The monoisotopic (exact) mass is 247 g/mol. The third-order valence-corrected chi connectivity index (χ3v) is 2.67. The van der Waals surface area contributed by atoms with E-state index < -0.39 is 0 Å². The van der Waals surface area contributed by atoms with Gasteiger partial charge in [-0.15, -0.1) is 0 Å². The second-order valence-electron chi connectivity index (χ2n) is 4.36. The number of nitrogens with one attached hydrogen (secondary N) is 1. The minimum Gasteiger partial charge on any atom is -0.461 e. The van der Waals surface area contributed by atoms with Crippen molar-refractivity contribution in [1.82, 2.24) is 5.32 Å². The molecule has 0 aliphatic carbocycles. The first-order valence-electron chi connectivity index (χ1n) is 5.95. The van der Waals surface area contributed by atoms with Crippen molar-refractivity contribution >= 4 is 16.9 Å². The fourth-order valence-electron chi connectivity index (χ4n) is 1.94. The number of furan rings is 1. The van der Waals surface area contributed by atoms with Gasteiger partial charge in [-0.3, -0.25) is 4.79 Å². The Kier molecular flexibility index (Phi) is 3.99. The Morgan fingerprint density at radius 2 is 2.22 bits per heavy atom. The van der Waals surface area contributed by atoms with Crippen LogP contribution in [0.15, 0.2) is 34.7 Å². The molecule has 0 aliphatic rings. The van der Waals surface area contributed by atoms with Crippen LogP contribution in [0.4, 0.5) is 0 Å². The van der Waals surface area contributed by atoms with Gasteiger partial charge in [0.25, 0.3) is 0 Å². The average Bonchev–Trinajstić information content (AvgIpc) is 2.70. The van der Waals surface area contributed by atoms with Gasteiger partial charge in [0.2, 0.25) is 5.91 Å². The third-order valence-electron chi connectivity index (χ3n) is 2.67. The molecule has 96 valence electrons. The molecule has 1 unspecified atom stereocenters. The Bertz CT molecular complexity index is 500. The first-order chi connectivity index (χ1) is 8.69. The molecule has 0 spiro atoms. The van der Waals surface area contributed by atoms with E-state index >= 15 is 0 Å². The SMILES string of the molecule is COCC(=O)NC(C)Cc1cc2ccccc2o1. The van der Waals surface area contributed by atoms with Crippen molar-refractivity contribution in [2.45, 2.75) is 19.4 Å². The molecular formula is C14H17NO3. The lowest BCUT2D eigenvalue weighted by atomic mass is 10.2. The van der Waals surface area contributed by atoms with Crippen LogP contribution in [-0.4, -0.2) is 25.7 Å². The Balaban J connectivity index is 1.98. The maximum Gasteiger partial charge on any atom is 0.246 e. The molecule has 2 rings (SSSR count). The molecule has 1 heterocycles. The van der Waals surface area contributed by atoms with E-state index in [1.165, 1.54) is 7.11 Å². The number of carbonyl (C=O) groups is 1. The van der Waals surface area contributed by atoms with Gasteiger partial charge in [-0.25, -0.2) is 0 Å². The molecule has 0 fully saturated rings. The summed E-state index contributed by atoms with van der Waals surface area (Å²) >= 11 is 0. The lowest BCUT2D eigenvalue weighted by molar-refractivity contribution is -0.125. The first kappa shape index (κ1) is 12.6. The van der Waals surface area contributed by atoms with Crippen LogP contribution in [-0.2, 0) is 16.0 Å². The van der Waals surface area contributed by atoms with Crippen molar-refractivity contribution in [3.05, 3.63) is 36.1 Å². The van der Waals surface area contributed by atoms with Crippen LogP contribution in [0.5, 0.6) is 0 Å². The maximum atomic E-state index is 11.3. The fourth-order valence-corrected chi connectivity index (χ4v) is 1.94. The molecule has 1 aromatic heterocycles. The number of hydrogen-bond donors (Lipinski definition) is 1. The molecule has 4 heteroatoms. The summed E-state index contributed by atoms with van der Waals surface area (Å²) in [6, 6.07) is 9.90. The van der Waals surface area contributed by atoms with Crippen LogP contribution >= 0.6 is 0 Å². The number of para-hydroxylation sites is 1. The number of methoxy groups -OCH3 is 1. The lowest BCUT2D eigenvalue weighted by Crippen LogP contribution is -2.36. The van der Waals surface area contributed by atoms with Gasteiger partial charge in [-0.2, -0.15) is 0 Å². The van der Waals surface area contributed by atoms with Crippen molar-refractivity contribution in [3.8, 4) is 0 Å². The molecule has 0 aliphatic heterocycles. The van der Waals surface area contributed by atoms with E-state index in [0.717, 1.165) is 16.7 Å². The highest BCUT2D eigenvalue weighted by molar-refractivity contribution is 5.78. The van der Waals surface area contributed by atoms with E-state index in [9.17, 15) is 4.79 Å². The van der Waals surface area contributed by atoms with Gasteiger partial charge in [0.1, 0.15) is 18.0 Å². The maximum absolute atomic E-state index is 11.3. The van der Waals surface area contributed by atoms with E-state index in [-0.39, 0.29) is 18.6 Å². The number of fused-ring (bicyclic) bond motifs is 1. The topological polar surface area (TPSA) is 51.5 Å². The summed E-state index contributed by atoms with van der Waals surface area (Å²) in [6.45, 7) is 2.03. The molecule has 0 saturated carbocycles. The van der Waals surface area contributed by atoms with Gasteiger partial charge < -0.3 is 14.5 Å². The summed E-state index contributed by atoms with van der Waals surface area (Å²) in [5, 5.41) is 3.94. The van der Waals surface area contributed by atoms with E-state index in [1.807, 2.05) is 37.3 Å². The molecule has 0 bridgehead atoms. The summed E-state index contributed by atoms with van der Waals surface area (Å²) in [5.41, 5.74) is 0.878. The van der Waals surface area contributed by atoms with E-state index in [4.69, 9.17) is 9.15 Å². The molecule has 0 saturated heterocycles. The summed E-state index contributed by atoms with van der Waals surface area (Å²) < 4.78 is 10.5. The number of benzene rings is 1. The Labute approximate surface area is 106 Å². The number of amides is 1. The van der Waals surface area contributed by atoms with E-state index in [2.05, 4.69) is 5.32 Å². The Morgan fingerprint density at radius 3 is 2.94 bits per heavy atom. The average molecular weight is 247 g/mol. The van der Waals surface area contributed by atoms with Crippen LogP contribution in [0.3, 0.4) is 0 Å². The molecular weight excluding hydrogens is 230 g/mol. The molecule has 1 amide bonds. The highest BCUT2D eigenvalue weighted by Gasteiger charge is 2.10. The molecule has 2 aromatic rings. The number of carbonyl (C=O) groups excluding carboxylic acids is 1. The molecule has 1 N–H and O–H groups in total. The second kappa shape index (κ2) is 5.69. The zero-order chi connectivity index (χ0) is 13.0. The predicted molar refractivity (Wildman–Crippen MR) is 69.4 cm³/mol. The molecule has 1 atom stereocenters. The van der Waals surface area contributed by atoms with E-state index in [0.29, 0.717) is 6.42 Å². The van der Waals surface area contributed by atoms with E-state index in [1.54, 1.807) is 0 Å². The Hall–Kier alpha value is -1.81. The minimum absolute atomic E-state index is 0.0215. The highest BCUT2D eigenvalue weighted by Crippen LogP contribution is 2.19. The smallest absolute Gasteiger partial charge is 0.246 e. The van der Waals surface area contributed by atoms with Gasteiger partial charge in [0.05, 0.1) is 0 Å². The third kappa shape index (κ3) is 3.11. The van der Waals surface area contributed by atoms with Crippen molar-refractivity contribution in [1.29, 1.82) is 0 Å². The largest absolute Gasteiger partial charge is 0.461 e. The van der Waals surface area contributed by atoms with Crippen molar-refractivity contribution in [3.63, 3.8) is 0 Å². The Morgan fingerprint density at radius 1 is 1.44 bits per heavy atom. The van der Waals surface area contributed by atoms with Crippen LogP contribution in [0, 0.1) is 0 Å². The van der Waals surface area contributed by atoms with Crippen molar-refractivity contribution in [2.24, 2.45) is 0 Å². The van der Waals surface area contributed by atoms with Gasteiger partial charge in [-0.05, 0) is 19.1 Å². The number of rotatable bonds is 5. The van der Waals surface area contributed by atoms with Gasteiger partial charge >= 0.3 is 0 Å². The quantitative estimate of drug-likeness (QED) is 0.880. The van der Waals surface area contributed by atoms with Crippen molar-refractivity contribution in [2.75, 3.05) is 13.7 Å². The highest BCUT2D eigenvalue weighted by atomic mass is 16.5. The summed E-state index contributed by atoms with van der Waals surface area (Å²) in [7, 11) is 1.50. The summed E-state index contributed by atoms with van der Waals surface area (Å²) in [5.74, 6) is 0.766. The van der Waals surface area contributed by atoms with Crippen molar-refractivity contribution < 1.29 is 13.9 Å². The number of hydrogen-bond acceptors (Lipinski definition) is 3.